The van der Waals surface area contributed by atoms with Gasteiger partial charge in [0.1, 0.15) is 5.70 Å². The maximum Gasteiger partial charge on any atom is 0.329 e. The Kier molecular flexibility index (Phi) is 2.98. The maximum absolute atomic E-state index is 11.9. The average molecular weight is 289 g/mol. The van der Waals surface area contributed by atoms with Crippen LogP contribution in [0, 0.1) is 0 Å². The number of carboxylic acids is 1. The summed E-state index contributed by atoms with van der Waals surface area (Å²) in [5.41, 5.74) is 0.596. The van der Waals surface area contributed by atoms with E-state index in [4.69, 9.17) is 9.47 Å². The van der Waals surface area contributed by atoms with E-state index in [1.807, 2.05) is 0 Å². The number of imide groups is 1. The summed E-state index contributed by atoms with van der Waals surface area (Å²) in [6.45, 7) is -0.659. The number of carboxylic acid groups (broad SMARTS) is 1. The van der Waals surface area contributed by atoms with Crippen molar-refractivity contribution in [1.29, 1.82) is 0 Å². The first kappa shape index (κ1) is 13.0. The number of urea groups is 1. The summed E-state index contributed by atoms with van der Waals surface area (Å²) in [4.78, 5) is 34.5. The van der Waals surface area contributed by atoms with Gasteiger partial charge in [-0.3, -0.25) is 9.69 Å². The van der Waals surface area contributed by atoms with E-state index in [1.165, 1.54) is 6.08 Å². The predicted octanol–water partition coefficient (Wildman–Crippen LogP) is -0.942. The zero-order valence-electron chi connectivity index (χ0n) is 10.6. The van der Waals surface area contributed by atoms with Gasteiger partial charge >= 0.3 is 6.03 Å². The lowest BCUT2D eigenvalue weighted by Gasteiger charge is -2.11. The third-order valence-corrected chi connectivity index (χ3v) is 2.96. The minimum absolute atomic E-state index is 0.0138. The minimum atomic E-state index is -1.51. The smallest absolute Gasteiger partial charge is 0.329 e. The van der Waals surface area contributed by atoms with E-state index in [-0.39, 0.29) is 12.5 Å². The van der Waals surface area contributed by atoms with Crippen LogP contribution in [0.15, 0.2) is 23.9 Å². The van der Waals surface area contributed by atoms with Crippen molar-refractivity contribution < 1.29 is 29.0 Å². The van der Waals surface area contributed by atoms with E-state index in [0.717, 1.165) is 0 Å². The van der Waals surface area contributed by atoms with Crippen LogP contribution in [0.1, 0.15) is 5.56 Å². The second kappa shape index (κ2) is 4.82. The molecule has 1 fully saturated rings. The van der Waals surface area contributed by atoms with Gasteiger partial charge in [-0.15, -0.1) is 0 Å². The number of hydrogen-bond donors (Lipinski definition) is 1. The quantitative estimate of drug-likeness (QED) is 0.568. The molecule has 1 N–H and O–H groups in total. The number of carbonyl (C=O) groups excluding carboxylic acids is 3. The number of benzene rings is 1. The molecule has 0 bridgehead atoms. The van der Waals surface area contributed by atoms with Gasteiger partial charge in [-0.1, -0.05) is 6.07 Å². The van der Waals surface area contributed by atoms with Crippen LogP contribution in [0.25, 0.3) is 6.08 Å². The molecule has 2 heterocycles. The van der Waals surface area contributed by atoms with Crippen LogP contribution in [-0.2, 0) is 9.59 Å². The number of fused-ring (bicyclic) bond motifs is 1. The fourth-order valence-electron chi connectivity index (χ4n) is 2.01. The largest absolute Gasteiger partial charge is 0.548 e. The van der Waals surface area contributed by atoms with Crippen LogP contribution in [0.5, 0.6) is 11.5 Å². The topological polar surface area (TPSA) is 108 Å². The van der Waals surface area contributed by atoms with E-state index in [0.29, 0.717) is 22.0 Å². The number of amides is 3. The Balaban J connectivity index is 1.85. The molecular weight excluding hydrogens is 280 g/mol. The summed E-state index contributed by atoms with van der Waals surface area (Å²) in [7, 11) is 0. The zero-order valence-corrected chi connectivity index (χ0v) is 10.6. The molecule has 0 unspecified atom stereocenters. The van der Waals surface area contributed by atoms with Gasteiger partial charge in [0, 0.05) is 0 Å². The van der Waals surface area contributed by atoms with Gasteiger partial charge in [-0.05, 0) is 23.8 Å². The van der Waals surface area contributed by atoms with E-state index in [2.05, 4.69) is 5.32 Å². The van der Waals surface area contributed by atoms with Crippen molar-refractivity contribution >= 4 is 24.0 Å². The van der Waals surface area contributed by atoms with Crippen LogP contribution >= 0.6 is 0 Å². The third kappa shape index (κ3) is 2.38. The molecule has 1 saturated heterocycles. The zero-order chi connectivity index (χ0) is 15.0. The molecule has 0 aliphatic carbocycles. The van der Waals surface area contributed by atoms with Gasteiger partial charge in [-0.25, -0.2) is 4.79 Å². The lowest BCUT2D eigenvalue weighted by Crippen LogP contribution is -2.41. The monoisotopic (exact) mass is 289 g/mol. The number of nitrogens with zero attached hydrogens (tertiary/aromatic N) is 1. The highest BCUT2D eigenvalue weighted by Gasteiger charge is 2.33. The van der Waals surface area contributed by atoms with Crippen molar-refractivity contribution in [2.24, 2.45) is 0 Å². The van der Waals surface area contributed by atoms with Crippen molar-refractivity contribution in [2.75, 3.05) is 13.3 Å². The number of nitrogens with one attached hydrogen (secondary N) is 1. The Morgan fingerprint density at radius 1 is 1.33 bits per heavy atom. The van der Waals surface area contributed by atoms with Gasteiger partial charge in [-0.2, -0.15) is 0 Å². The third-order valence-electron chi connectivity index (χ3n) is 2.96. The molecular formula is C13H9N2O6-. The maximum atomic E-state index is 11.9. The highest BCUT2D eigenvalue weighted by Crippen LogP contribution is 2.33. The number of aliphatic carboxylic acids is 1. The minimum Gasteiger partial charge on any atom is -0.548 e. The van der Waals surface area contributed by atoms with Crippen LogP contribution in [0.4, 0.5) is 4.79 Å². The summed E-state index contributed by atoms with van der Waals surface area (Å²) in [5, 5.41) is 12.8. The molecule has 0 radical (unpaired) electrons. The van der Waals surface area contributed by atoms with Crippen LogP contribution < -0.4 is 19.9 Å². The Bertz CT molecular complexity index is 681. The van der Waals surface area contributed by atoms with E-state index >= 15 is 0 Å². The van der Waals surface area contributed by atoms with Gasteiger partial charge in [0.2, 0.25) is 6.79 Å². The number of hydrogen-bond acceptors (Lipinski definition) is 6. The van der Waals surface area contributed by atoms with Gasteiger partial charge < -0.3 is 24.7 Å². The van der Waals surface area contributed by atoms with Crippen molar-refractivity contribution in [3.8, 4) is 11.5 Å². The van der Waals surface area contributed by atoms with Crippen molar-refractivity contribution in [3.63, 3.8) is 0 Å². The second-order valence-electron chi connectivity index (χ2n) is 4.36. The Morgan fingerprint density at radius 3 is 2.86 bits per heavy atom. The van der Waals surface area contributed by atoms with Crippen molar-refractivity contribution in [2.45, 2.75) is 0 Å². The molecule has 8 heteroatoms. The molecule has 2 aliphatic heterocycles. The Hall–Kier alpha value is -3.03. The Morgan fingerprint density at radius 2 is 2.10 bits per heavy atom. The molecule has 0 spiro atoms. The fourth-order valence-corrected chi connectivity index (χ4v) is 2.01. The summed E-state index contributed by atoms with van der Waals surface area (Å²) in [6, 6.07) is 4.21. The molecule has 0 saturated carbocycles. The first-order valence-electron chi connectivity index (χ1n) is 5.98. The normalized spacial score (nSPS) is 18.3. The van der Waals surface area contributed by atoms with Crippen LogP contribution in [0.2, 0.25) is 0 Å². The first-order valence-corrected chi connectivity index (χ1v) is 5.98. The molecule has 1 aromatic carbocycles. The molecule has 3 amide bonds. The molecule has 3 rings (SSSR count). The summed E-state index contributed by atoms with van der Waals surface area (Å²) in [6.07, 6.45) is 1.43. The van der Waals surface area contributed by atoms with E-state index < -0.39 is 24.5 Å². The molecule has 21 heavy (non-hydrogen) atoms. The number of ether oxygens (including phenoxy) is 2. The fraction of sp³-hybridized carbons (Fsp3) is 0.154. The Labute approximate surface area is 118 Å². The SMILES string of the molecule is O=C([O-])CN1C(=O)N/C(=C/c2ccc3c(c2)OCO3)C1=O. The molecule has 108 valence electrons. The van der Waals surface area contributed by atoms with Gasteiger partial charge in [0.05, 0.1) is 12.5 Å². The number of rotatable bonds is 3. The van der Waals surface area contributed by atoms with Crippen LogP contribution in [-0.4, -0.2) is 36.1 Å². The molecule has 8 nitrogen and oxygen atoms in total. The van der Waals surface area contributed by atoms with Crippen molar-refractivity contribution in [3.05, 3.63) is 29.5 Å². The van der Waals surface area contributed by atoms with Gasteiger partial charge in [0.15, 0.2) is 11.5 Å². The summed E-state index contributed by atoms with van der Waals surface area (Å²) >= 11 is 0. The molecule has 0 atom stereocenters. The lowest BCUT2D eigenvalue weighted by molar-refractivity contribution is -0.305. The summed E-state index contributed by atoms with van der Waals surface area (Å²) < 4.78 is 10.4. The van der Waals surface area contributed by atoms with Crippen LogP contribution in [0.3, 0.4) is 0 Å². The molecule has 1 aromatic rings. The molecule has 2 aliphatic rings. The average Bonchev–Trinajstić information content (AvgIpc) is 2.98. The number of carbonyl (C=O) groups is 3. The second-order valence-corrected chi connectivity index (χ2v) is 4.36. The lowest BCUT2D eigenvalue weighted by atomic mass is 10.1. The van der Waals surface area contributed by atoms with Gasteiger partial charge in [0.25, 0.3) is 5.91 Å². The van der Waals surface area contributed by atoms with Crippen molar-refractivity contribution in [1.82, 2.24) is 10.2 Å². The highest BCUT2D eigenvalue weighted by molar-refractivity contribution is 6.15. The molecule has 0 aromatic heterocycles. The predicted molar refractivity (Wildman–Crippen MR) is 65.8 cm³/mol. The van der Waals surface area contributed by atoms with E-state index in [9.17, 15) is 19.5 Å². The highest BCUT2D eigenvalue weighted by atomic mass is 16.7. The van der Waals surface area contributed by atoms with E-state index in [1.54, 1.807) is 18.2 Å². The standard InChI is InChI=1S/C13H10N2O6/c16-11(17)5-15-12(18)8(14-13(15)19)3-7-1-2-9-10(4-7)21-6-20-9/h1-4H,5-6H2,(H,14,19)(H,16,17)/p-1/b8-3+. The first-order chi connectivity index (χ1) is 10.0. The summed E-state index contributed by atoms with van der Waals surface area (Å²) in [5.74, 6) is -1.10.